The fourth-order valence-electron chi connectivity index (χ4n) is 1.93. The summed E-state index contributed by atoms with van der Waals surface area (Å²) in [5.41, 5.74) is 0.475. The number of esters is 2. The van der Waals surface area contributed by atoms with Gasteiger partial charge in [-0.3, -0.25) is 4.79 Å². The number of nitrogens with zero attached hydrogens (tertiary/aromatic N) is 4. The van der Waals surface area contributed by atoms with E-state index in [9.17, 15) is 9.59 Å². The highest BCUT2D eigenvalue weighted by Gasteiger charge is 2.22. The minimum absolute atomic E-state index is 0.0578. The Balaban J connectivity index is 2.94. The number of ether oxygens (including phenoxy) is 2. The van der Waals surface area contributed by atoms with Crippen LogP contribution in [0, 0.1) is 0 Å². The Morgan fingerprint density at radius 3 is 2.38 bits per heavy atom. The van der Waals surface area contributed by atoms with E-state index < -0.39 is 11.9 Å². The number of carbonyl (C=O) groups is 2. The third kappa shape index (κ3) is 4.52. The number of carbonyl (C=O) groups excluding carboxylic acids is 2. The second-order valence-corrected chi connectivity index (χ2v) is 4.38. The van der Waals surface area contributed by atoms with Crippen LogP contribution in [0.25, 0.3) is 0 Å². The summed E-state index contributed by atoms with van der Waals surface area (Å²) in [6, 6.07) is 0. The van der Waals surface area contributed by atoms with Gasteiger partial charge in [-0.15, -0.1) is 5.10 Å². The van der Waals surface area contributed by atoms with Crippen LogP contribution in [-0.4, -0.2) is 65.7 Å². The topological polar surface area (TPSA) is 86.5 Å². The first kappa shape index (κ1) is 17.1. The summed E-state index contributed by atoms with van der Waals surface area (Å²) in [6.45, 7) is 7.27. The van der Waals surface area contributed by atoms with Crippen molar-refractivity contribution in [3.05, 3.63) is 11.4 Å². The highest BCUT2D eigenvalue weighted by molar-refractivity contribution is 5.89. The molecular formula is C13H22N4O4. The first-order valence-electron chi connectivity index (χ1n) is 6.87. The zero-order valence-electron chi connectivity index (χ0n) is 13.0. The molecule has 0 radical (unpaired) electrons. The molecular weight excluding hydrogens is 276 g/mol. The summed E-state index contributed by atoms with van der Waals surface area (Å²) in [4.78, 5) is 25.4. The van der Waals surface area contributed by atoms with Crippen molar-refractivity contribution in [1.29, 1.82) is 0 Å². The first-order valence-corrected chi connectivity index (χ1v) is 6.87. The maximum atomic E-state index is 11.7. The average Bonchev–Trinajstić information content (AvgIpc) is 2.90. The van der Waals surface area contributed by atoms with E-state index in [1.54, 1.807) is 4.68 Å². The molecule has 0 N–H and O–H groups in total. The van der Waals surface area contributed by atoms with Crippen molar-refractivity contribution in [3.8, 4) is 0 Å². The molecule has 0 saturated carbocycles. The summed E-state index contributed by atoms with van der Waals surface area (Å²) >= 11 is 0. The number of hydrogen-bond acceptors (Lipinski definition) is 7. The Bertz CT molecular complexity index is 483. The Labute approximate surface area is 124 Å². The van der Waals surface area contributed by atoms with Crippen LogP contribution in [0.5, 0.6) is 0 Å². The molecule has 0 aliphatic carbocycles. The molecule has 0 saturated heterocycles. The molecule has 1 heterocycles. The zero-order valence-corrected chi connectivity index (χ0v) is 13.0. The third-order valence-electron chi connectivity index (χ3n) is 3.28. The molecule has 0 aliphatic rings. The molecule has 1 aromatic heterocycles. The van der Waals surface area contributed by atoms with Gasteiger partial charge in [0.2, 0.25) is 0 Å². The largest absolute Gasteiger partial charge is 0.469 e. The maximum absolute atomic E-state index is 11.7. The van der Waals surface area contributed by atoms with E-state index in [0.717, 1.165) is 19.6 Å². The number of methoxy groups -OCH3 is 2. The van der Waals surface area contributed by atoms with Crippen LogP contribution in [-0.2, 0) is 27.2 Å². The quantitative estimate of drug-likeness (QED) is 0.630. The molecule has 0 aromatic carbocycles. The van der Waals surface area contributed by atoms with E-state index in [1.807, 2.05) is 0 Å². The second-order valence-electron chi connectivity index (χ2n) is 4.38. The number of hydrogen-bond donors (Lipinski definition) is 0. The minimum atomic E-state index is -0.608. The van der Waals surface area contributed by atoms with Crippen LogP contribution in [0.2, 0.25) is 0 Å². The van der Waals surface area contributed by atoms with Gasteiger partial charge in [-0.05, 0) is 13.1 Å². The number of likely N-dealkylation sites (N-methyl/N-ethyl adjacent to an activating group) is 1. The highest BCUT2D eigenvalue weighted by Crippen LogP contribution is 2.09. The van der Waals surface area contributed by atoms with Crippen molar-refractivity contribution in [3.63, 3.8) is 0 Å². The fraction of sp³-hybridized carbons (Fsp3) is 0.692. The monoisotopic (exact) mass is 298 g/mol. The smallest absolute Gasteiger partial charge is 0.360 e. The molecule has 0 fully saturated rings. The summed E-state index contributed by atoms with van der Waals surface area (Å²) in [5.74, 6) is -1.06. The summed E-state index contributed by atoms with van der Waals surface area (Å²) < 4.78 is 10.9. The van der Waals surface area contributed by atoms with Gasteiger partial charge in [-0.25, -0.2) is 9.48 Å². The van der Waals surface area contributed by atoms with Gasteiger partial charge in [-0.2, -0.15) is 0 Å². The molecule has 0 unspecified atom stereocenters. The van der Waals surface area contributed by atoms with Gasteiger partial charge in [0.15, 0.2) is 5.69 Å². The molecule has 0 spiro atoms. The van der Waals surface area contributed by atoms with Gasteiger partial charge < -0.3 is 14.4 Å². The molecule has 1 aromatic rings. The minimum Gasteiger partial charge on any atom is -0.469 e. The van der Waals surface area contributed by atoms with Gasteiger partial charge in [0.1, 0.15) is 0 Å². The predicted molar refractivity (Wildman–Crippen MR) is 74.9 cm³/mol. The number of rotatable bonds is 8. The van der Waals surface area contributed by atoms with Crippen molar-refractivity contribution in [1.82, 2.24) is 19.9 Å². The molecule has 0 amide bonds. The van der Waals surface area contributed by atoms with Crippen molar-refractivity contribution >= 4 is 11.9 Å². The summed E-state index contributed by atoms with van der Waals surface area (Å²) in [7, 11) is 2.56. The Hall–Kier alpha value is -1.96. The average molecular weight is 298 g/mol. The van der Waals surface area contributed by atoms with E-state index in [1.165, 1.54) is 14.2 Å². The first-order chi connectivity index (χ1) is 10.1. The molecule has 0 bridgehead atoms. The van der Waals surface area contributed by atoms with E-state index in [2.05, 4.69) is 38.5 Å². The molecule has 8 heteroatoms. The molecule has 118 valence electrons. The van der Waals surface area contributed by atoms with Crippen LogP contribution in [0.1, 0.15) is 30.0 Å². The zero-order chi connectivity index (χ0) is 15.8. The Morgan fingerprint density at radius 1 is 1.19 bits per heavy atom. The molecule has 8 nitrogen and oxygen atoms in total. The van der Waals surface area contributed by atoms with Crippen molar-refractivity contribution < 1.29 is 19.1 Å². The van der Waals surface area contributed by atoms with Crippen LogP contribution in [0.15, 0.2) is 0 Å². The summed E-state index contributed by atoms with van der Waals surface area (Å²) in [5, 5.41) is 7.76. The highest BCUT2D eigenvalue weighted by atomic mass is 16.5. The van der Waals surface area contributed by atoms with Crippen LogP contribution in [0.3, 0.4) is 0 Å². The molecule has 0 atom stereocenters. The Kier molecular flexibility index (Phi) is 6.80. The van der Waals surface area contributed by atoms with E-state index >= 15 is 0 Å². The Morgan fingerprint density at radius 2 is 1.86 bits per heavy atom. The fourth-order valence-corrected chi connectivity index (χ4v) is 1.93. The van der Waals surface area contributed by atoms with Gasteiger partial charge in [0.05, 0.1) is 32.9 Å². The molecule has 0 aliphatic heterocycles. The van der Waals surface area contributed by atoms with E-state index in [4.69, 9.17) is 0 Å². The maximum Gasteiger partial charge on any atom is 0.360 e. The molecule has 1 rings (SSSR count). The standard InChI is InChI=1S/C13H22N4O4/c1-5-16(6-2)7-8-17-10(9-11(18)20-3)12(14-15-17)13(19)21-4/h5-9H2,1-4H3. The molecule has 21 heavy (non-hydrogen) atoms. The SMILES string of the molecule is CCN(CC)CCn1nnc(C(=O)OC)c1CC(=O)OC. The lowest BCUT2D eigenvalue weighted by Crippen LogP contribution is -2.28. The van der Waals surface area contributed by atoms with Crippen LogP contribution in [0.4, 0.5) is 0 Å². The van der Waals surface area contributed by atoms with E-state index in [-0.39, 0.29) is 12.1 Å². The van der Waals surface area contributed by atoms with Crippen molar-refractivity contribution in [2.75, 3.05) is 33.9 Å². The second kappa shape index (κ2) is 8.35. The van der Waals surface area contributed by atoms with Gasteiger partial charge >= 0.3 is 11.9 Å². The van der Waals surface area contributed by atoms with E-state index in [0.29, 0.717) is 12.2 Å². The predicted octanol–water partition coefficient (Wildman–Crippen LogP) is 0.122. The van der Waals surface area contributed by atoms with Crippen LogP contribution < -0.4 is 0 Å². The lowest BCUT2D eigenvalue weighted by molar-refractivity contribution is -0.139. The third-order valence-corrected chi connectivity index (χ3v) is 3.28. The lowest BCUT2D eigenvalue weighted by Gasteiger charge is -2.18. The van der Waals surface area contributed by atoms with Crippen LogP contribution >= 0.6 is 0 Å². The van der Waals surface area contributed by atoms with Crippen molar-refractivity contribution in [2.45, 2.75) is 26.8 Å². The van der Waals surface area contributed by atoms with Gasteiger partial charge in [0.25, 0.3) is 0 Å². The normalized spacial score (nSPS) is 10.7. The van der Waals surface area contributed by atoms with Gasteiger partial charge in [-0.1, -0.05) is 19.1 Å². The number of aromatic nitrogens is 3. The lowest BCUT2D eigenvalue weighted by atomic mass is 10.2. The summed E-state index contributed by atoms with van der Waals surface area (Å²) in [6.07, 6.45) is -0.0633. The van der Waals surface area contributed by atoms with Gasteiger partial charge in [0, 0.05) is 6.54 Å². The van der Waals surface area contributed by atoms with Crippen molar-refractivity contribution in [2.24, 2.45) is 0 Å².